The molecule has 21 heavy (non-hydrogen) atoms. The van der Waals surface area contributed by atoms with Crippen LogP contribution in [0, 0.1) is 5.41 Å². The third-order valence-electron chi connectivity index (χ3n) is 4.80. The normalized spacial score (nSPS) is 11.8. The Kier molecular flexibility index (Phi) is 5.69. The third kappa shape index (κ3) is 3.42. The van der Waals surface area contributed by atoms with E-state index in [0.29, 0.717) is 5.41 Å². The molecule has 0 heterocycles. The molecule has 2 aromatic carbocycles. The molecule has 0 bridgehead atoms. The molecule has 0 atom stereocenters. The third-order valence-corrected chi connectivity index (χ3v) is 5.99. The van der Waals surface area contributed by atoms with Gasteiger partial charge in [-0.05, 0) is 36.6 Å². The van der Waals surface area contributed by atoms with Crippen LogP contribution in [0.1, 0.15) is 33.6 Å². The summed E-state index contributed by atoms with van der Waals surface area (Å²) in [5.74, 6) is 0. The van der Waals surface area contributed by atoms with Gasteiger partial charge in [-0.3, -0.25) is 0 Å². The van der Waals surface area contributed by atoms with Gasteiger partial charge < -0.3 is 4.90 Å². The van der Waals surface area contributed by atoms with Crippen molar-refractivity contribution in [2.75, 3.05) is 23.3 Å². The smallest absolute Gasteiger partial charge is 0.0445 e. The molecule has 0 amide bonds. The van der Waals surface area contributed by atoms with Crippen LogP contribution in [0.4, 0.5) is 5.69 Å². The van der Waals surface area contributed by atoms with Crippen molar-refractivity contribution in [2.24, 2.45) is 5.41 Å². The molecule has 2 rings (SSSR count). The van der Waals surface area contributed by atoms with Crippen molar-refractivity contribution in [1.82, 2.24) is 0 Å². The molecule has 0 aliphatic carbocycles. The average molecular weight is 348 g/mol. The van der Waals surface area contributed by atoms with Crippen molar-refractivity contribution in [3.63, 3.8) is 0 Å². The highest BCUT2D eigenvalue weighted by Crippen LogP contribution is 2.34. The second-order valence-electron chi connectivity index (χ2n) is 5.85. The van der Waals surface area contributed by atoms with Crippen LogP contribution in [0.15, 0.2) is 42.5 Å². The summed E-state index contributed by atoms with van der Waals surface area (Å²) in [6, 6.07) is 15.3. The van der Waals surface area contributed by atoms with E-state index in [4.69, 9.17) is 0 Å². The van der Waals surface area contributed by atoms with Crippen molar-refractivity contribution in [2.45, 2.75) is 33.6 Å². The maximum absolute atomic E-state index is 3.75. The summed E-state index contributed by atoms with van der Waals surface area (Å²) in [5, 5.41) is 3.75. The number of hydrogen-bond acceptors (Lipinski definition) is 1. The highest BCUT2D eigenvalue weighted by molar-refractivity contribution is 9.09. The summed E-state index contributed by atoms with van der Waals surface area (Å²) in [5.41, 5.74) is 1.72. The Labute approximate surface area is 137 Å². The van der Waals surface area contributed by atoms with Crippen LogP contribution in [-0.2, 0) is 0 Å². The van der Waals surface area contributed by atoms with E-state index in [1.54, 1.807) is 0 Å². The molecule has 0 unspecified atom stereocenters. The molecule has 1 nitrogen and oxygen atoms in total. The average Bonchev–Trinajstić information content (AvgIpc) is 2.56. The topological polar surface area (TPSA) is 3.24 Å². The van der Waals surface area contributed by atoms with Gasteiger partial charge in [0.25, 0.3) is 0 Å². The molecule has 114 valence electrons. The summed E-state index contributed by atoms with van der Waals surface area (Å²) in [6.45, 7) is 9.02. The summed E-state index contributed by atoms with van der Waals surface area (Å²) < 4.78 is 0. The summed E-state index contributed by atoms with van der Waals surface area (Å²) in [7, 11) is 0. The first-order valence-corrected chi connectivity index (χ1v) is 9.10. The highest BCUT2D eigenvalue weighted by Gasteiger charge is 2.27. The van der Waals surface area contributed by atoms with Crippen molar-refractivity contribution < 1.29 is 0 Å². The monoisotopic (exact) mass is 347 g/mol. The molecule has 2 heteroatoms. The minimum absolute atomic E-state index is 0.354. The summed E-state index contributed by atoms with van der Waals surface area (Å²) in [4.78, 5) is 2.54. The fourth-order valence-electron chi connectivity index (χ4n) is 2.96. The number of nitrogens with zero attached hydrogens (tertiary/aromatic N) is 1. The SMILES string of the molecule is CCN(CC(CC)(CC)CBr)c1cccc2ccccc12. The number of fused-ring (bicyclic) bond motifs is 1. The van der Waals surface area contributed by atoms with Crippen LogP contribution in [-0.4, -0.2) is 18.4 Å². The Morgan fingerprint density at radius 1 is 0.952 bits per heavy atom. The molecular weight excluding hydrogens is 322 g/mol. The van der Waals surface area contributed by atoms with Gasteiger partial charge in [0.15, 0.2) is 0 Å². The van der Waals surface area contributed by atoms with Crippen LogP contribution in [0.3, 0.4) is 0 Å². The number of rotatable bonds is 7. The number of benzene rings is 2. The lowest BCUT2D eigenvalue weighted by Gasteiger charge is -2.37. The van der Waals surface area contributed by atoms with E-state index < -0.39 is 0 Å². The first kappa shape index (κ1) is 16.4. The zero-order chi connectivity index (χ0) is 15.3. The molecule has 0 saturated heterocycles. The molecule has 0 aliphatic heterocycles. The van der Waals surface area contributed by atoms with Crippen LogP contribution >= 0.6 is 15.9 Å². The molecular formula is C19H26BrN. The molecule has 0 aromatic heterocycles. The van der Waals surface area contributed by atoms with Gasteiger partial charge in [-0.1, -0.05) is 66.2 Å². The molecule has 0 fully saturated rings. The summed E-state index contributed by atoms with van der Waals surface area (Å²) >= 11 is 3.75. The highest BCUT2D eigenvalue weighted by atomic mass is 79.9. The molecule has 0 N–H and O–H groups in total. The standard InChI is InChI=1S/C19H26BrN/c1-4-19(5-2,14-20)15-21(6-3)18-13-9-11-16-10-7-8-12-17(16)18/h7-13H,4-6,14-15H2,1-3H3. The van der Waals surface area contributed by atoms with E-state index in [-0.39, 0.29) is 0 Å². The van der Waals surface area contributed by atoms with Crippen molar-refractivity contribution >= 4 is 32.4 Å². The summed E-state index contributed by atoms with van der Waals surface area (Å²) in [6.07, 6.45) is 2.41. The van der Waals surface area contributed by atoms with Gasteiger partial charge >= 0.3 is 0 Å². The van der Waals surface area contributed by atoms with Gasteiger partial charge in [0.1, 0.15) is 0 Å². The Hall–Kier alpha value is -1.02. The van der Waals surface area contributed by atoms with Crippen molar-refractivity contribution in [1.29, 1.82) is 0 Å². The maximum Gasteiger partial charge on any atom is 0.0445 e. The molecule has 2 aromatic rings. The second-order valence-corrected chi connectivity index (χ2v) is 6.41. The zero-order valence-corrected chi connectivity index (χ0v) is 15.0. The Bertz CT molecular complexity index is 561. The fourth-order valence-corrected chi connectivity index (χ4v) is 3.93. The first-order valence-electron chi connectivity index (χ1n) is 7.98. The van der Waals surface area contributed by atoms with Gasteiger partial charge in [-0.2, -0.15) is 0 Å². The first-order chi connectivity index (χ1) is 10.2. The van der Waals surface area contributed by atoms with E-state index in [0.717, 1.165) is 18.4 Å². The van der Waals surface area contributed by atoms with Gasteiger partial charge in [0, 0.05) is 29.5 Å². The van der Waals surface area contributed by atoms with Crippen LogP contribution < -0.4 is 4.90 Å². The van der Waals surface area contributed by atoms with Crippen LogP contribution in [0.2, 0.25) is 0 Å². The number of hydrogen-bond donors (Lipinski definition) is 0. The Morgan fingerprint density at radius 3 is 2.24 bits per heavy atom. The van der Waals surface area contributed by atoms with E-state index in [1.165, 1.54) is 29.3 Å². The lowest BCUT2D eigenvalue weighted by atomic mass is 9.84. The fraction of sp³-hybridized carbons (Fsp3) is 0.474. The lowest BCUT2D eigenvalue weighted by Crippen LogP contribution is -2.38. The number of alkyl halides is 1. The van der Waals surface area contributed by atoms with Crippen LogP contribution in [0.25, 0.3) is 10.8 Å². The lowest BCUT2D eigenvalue weighted by molar-refractivity contribution is 0.313. The van der Waals surface area contributed by atoms with E-state index in [2.05, 4.69) is 84.1 Å². The largest absolute Gasteiger partial charge is 0.371 e. The minimum atomic E-state index is 0.354. The predicted octanol–water partition coefficient (Wildman–Crippen LogP) is 5.87. The van der Waals surface area contributed by atoms with Gasteiger partial charge in [-0.15, -0.1) is 0 Å². The zero-order valence-electron chi connectivity index (χ0n) is 13.4. The van der Waals surface area contributed by atoms with Gasteiger partial charge in [-0.25, -0.2) is 0 Å². The van der Waals surface area contributed by atoms with E-state index in [1.807, 2.05) is 0 Å². The maximum atomic E-state index is 3.75. The van der Waals surface area contributed by atoms with Crippen molar-refractivity contribution in [3.05, 3.63) is 42.5 Å². The Balaban J connectivity index is 2.40. The van der Waals surface area contributed by atoms with Gasteiger partial charge in [0.2, 0.25) is 0 Å². The minimum Gasteiger partial charge on any atom is -0.371 e. The molecule has 0 aliphatic rings. The molecule has 0 spiro atoms. The second kappa shape index (κ2) is 7.31. The van der Waals surface area contributed by atoms with E-state index >= 15 is 0 Å². The number of anilines is 1. The van der Waals surface area contributed by atoms with Crippen LogP contribution in [0.5, 0.6) is 0 Å². The van der Waals surface area contributed by atoms with Gasteiger partial charge in [0.05, 0.1) is 0 Å². The predicted molar refractivity (Wildman–Crippen MR) is 98.6 cm³/mol. The van der Waals surface area contributed by atoms with Crippen molar-refractivity contribution in [3.8, 4) is 0 Å². The van der Waals surface area contributed by atoms with E-state index in [9.17, 15) is 0 Å². The quantitative estimate of drug-likeness (QED) is 0.566. The molecule has 0 saturated carbocycles. The Morgan fingerprint density at radius 2 is 1.62 bits per heavy atom. The molecule has 0 radical (unpaired) electrons. The number of halogens is 1.